The molecule has 0 aliphatic heterocycles. The van der Waals surface area contributed by atoms with Gasteiger partial charge < -0.3 is 5.32 Å². The van der Waals surface area contributed by atoms with Crippen LogP contribution in [-0.2, 0) is 0 Å². The highest BCUT2D eigenvalue weighted by atomic mass is 19.4. The Morgan fingerprint density at radius 2 is 1.67 bits per heavy atom. The van der Waals surface area contributed by atoms with E-state index in [0.717, 1.165) is 0 Å². The normalized spacial score (nSPS) is 18.0. The molecule has 0 saturated carbocycles. The monoisotopic (exact) mass is 183 g/mol. The van der Waals surface area contributed by atoms with Gasteiger partial charge in [0.05, 0.1) is 0 Å². The lowest BCUT2D eigenvalue weighted by molar-refractivity contribution is -0.203. The Hall–Kier alpha value is -0.250. The van der Waals surface area contributed by atoms with E-state index in [4.69, 9.17) is 0 Å². The zero-order chi connectivity index (χ0) is 9.99. The molecule has 0 aromatic carbocycles. The molecule has 0 heterocycles. The summed E-state index contributed by atoms with van der Waals surface area (Å²) in [6.07, 6.45) is -4.18. The van der Waals surface area contributed by atoms with Crippen molar-refractivity contribution >= 4 is 0 Å². The van der Waals surface area contributed by atoms with Crippen molar-refractivity contribution in [3.63, 3.8) is 0 Å². The summed E-state index contributed by atoms with van der Waals surface area (Å²) < 4.78 is 37.4. The van der Waals surface area contributed by atoms with Gasteiger partial charge in [-0.15, -0.1) is 0 Å². The third kappa shape index (κ3) is 2.12. The van der Waals surface area contributed by atoms with E-state index in [0.29, 0.717) is 6.54 Å². The first-order valence-corrected chi connectivity index (χ1v) is 4.07. The van der Waals surface area contributed by atoms with Gasteiger partial charge in [0.15, 0.2) is 0 Å². The number of alkyl halides is 3. The van der Waals surface area contributed by atoms with Crippen molar-refractivity contribution in [1.29, 1.82) is 0 Å². The zero-order valence-electron chi connectivity index (χ0n) is 7.92. The fourth-order valence-corrected chi connectivity index (χ4v) is 0.999. The van der Waals surface area contributed by atoms with Gasteiger partial charge in [0.1, 0.15) is 5.54 Å². The largest absolute Gasteiger partial charge is 0.406 e. The predicted octanol–water partition coefficient (Wildman–Crippen LogP) is 2.57. The summed E-state index contributed by atoms with van der Waals surface area (Å²) in [4.78, 5) is 0. The summed E-state index contributed by atoms with van der Waals surface area (Å²) in [5.41, 5.74) is -1.76. The molecule has 0 aliphatic rings. The Morgan fingerprint density at radius 1 is 1.25 bits per heavy atom. The standard InChI is InChI=1S/C8H16F3N/c1-5-12-7(4,6(2)3)8(9,10)11/h6,12H,5H2,1-4H3. The third-order valence-corrected chi connectivity index (χ3v) is 2.29. The van der Waals surface area contributed by atoms with Crippen LogP contribution in [0.3, 0.4) is 0 Å². The first-order chi connectivity index (χ1) is 5.25. The van der Waals surface area contributed by atoms with E-state index in [-0.39, 0.29) is 0 Å². The van der Waals surface area contributed by atoms with E-state index in [9.17, 15) is 13.2 Å². The highest BCUT2D eigenvalue weighted by Gasteiger charge is 2.52. The molecule has 74 valence electrons. The summed E-state index contributed by atoms with van der Waals surface area (Å²) in [7, 11) is 0. The Labute approximate surface area is 71.3 Å². The van der Waals surface area contributed by atoms with E-state index >= 15 is 0 Å². The molecular formula is C8H16F3N. The molecule has 0 fully saturated rings. The molecule has 0 bridgehead atoms. The van der Waals surface area contributed by atoms with E-state index < -0.39 is 17.6 Å². The van der Waals surface area contributed by atoms with Crippen LogP contribution in [0.25, 0.3) is 0 Å². The summed E-state index contributed by atoms with van der Waals surface area (Å²) >= 11 is 0. The van der Waals surface area contributed by atoms with Gasteiger partial charge >= 0.3 is 6.18 Å². The van der Waals surface area contributed by atoms with Crippen molar-refractivity contribution in [2.45, 2.75) is 39.4 Å². The Bertz CT molecular complexity index is 142. The minimum Gasteiger partial charge on any atom is -0.304 e. The van der Waals surface area contributed by atoms with Crippen LogP contribution in [0.15, 0.2) is 0 Å². The van der Waals surface area contributed by atoms with Gasteiger partial charge in [-0.05, 0) is 19.4 Å². The molecular weight excluding hydrogens is 167 g/mol. The topological polar surface area (TPSA) is 12.0 Å². The SMILES string of the molecule is CCNC(C)(C(C)C)C(F)(F)F. The minimum atomic E-state index is -4.18. The number of nitrogens with one attached hydrogen (secondary N) is 1. The maximum absolute atomic E-state index is 12.5. The molecule has 0 amide bonds. The first-order valence-electron chi connectivity index (χ1n) is 4.07. The first kappa shape index (κ1) is 11.8. The van der Waals surface area contributed by atoms with E-state index in [1.54, 1.807) is 20.8 Å². The average molecular weight is 183 g/mol. The van der Waals surface area contributed by atoms with Crippen LogP contribution < -0.4 is 5.32 Å². The molecule has 1 unspecified atom stereocenters. The van der Waals surface area contributed by atoms with Crippen LogP contribution in [0.4, 0.5) is 13.2 Å². The van der Waals surface area contributed by atoms with Crippen molar-refractivity contribution in [1.82, 2.24) is 5.32 Å². The second-order valence-corrected chi connectivity index (χ2v) is 3.39. The molecule has 4 heteroatoms. The van der Waals surface area contributed by atoms with Crippen molar-refractivity contribution in [2.75, 3.05) is 6.54 Å². The van der Waals surface area contributed by atoms with Crippen LogP contribution in [0.1, 0.15) is 27.7 Å². The van der Waals surface area contributed by atoms with E-state index in [1.807, 2.05) is 0 Å². The second kappa shape index (κ2) is 3.64. The van der Waals surface area contributed by atoms with Gasteiger partial charge in [0.2, 0.25) is 0 Å². The molecule has 1 atom stereocenters. The van der Waals surface area contributed by atoms with Crippen LogP contribution in [0.5, 0.6) is 0 Å². The summed E-state index contributed by atoms with van der Waals surface area (Å²) in [6.45, 7) is 6.33. The van der Waals surface area contributed by atoms with Gasteiger partial charge in [0, 0.05) is 0 Å². The molecule has 1 N–H and O–H groups in total. The highest BCUT2D eigenvalue weighted by Crippen LogP contribution is 2.35. The maximum Gasteiger partial charge on any atom is 0.406 e. The number of hydrogen-bond acceptors (Lipinski definition) is 1. The summed E-state index contributed by atoms with van der Waals surface area (Å²) in [5, 5.41) is 2.47. The number of hydrogen-bond donors (Lipinski definition) is 1. The lowest BCUT2D eigenvalue weighted by Crippen LogP contribution is -2.58. The molecule has 0 aliphatic carbocycles. The predicted molar refractivity (Wildman–Crippen MR) is 43.0 cm³/mol. The smallest absolute Gasteiger partial charge is 0.304 e. The summed E-state index contributed by atoms with van der Waals surface area (Å²) in [6, 6.07) is 0. The van der Waals surface area contributed by atoms with Gasteiger partial charge in [-0.1, -0.05) is 20.8 Å². The Kier molecular flexibility index (Phi) is 3.57. The zero-order valence-corrected chi connectivity index (χ0v) is 7.92. The Balaban J connectivity index is 4.62. The summed E-state index contributed by atoms with van der Waals surface area (Å²) in [5.74, 6) is -0.461. The Morgan fingerprint density at radius 3 is 1.75 bits per heavy atom. The van der Waals surface area contributed by atoms with E-state index in [2.05, 4.69) is 5.32 Å². The lowest BCUT2D eigenvalue weighted by atomic mass is 9.88. The van der Waals surface area contributed by atoms with Crippen molar-refractivity contribution < 1.29 is 13.2 Å². The van der Waals surface area contributed by atoms with Gasteiger partial charge in [0.25, 0.3) is 0 Å². The molecule has 1 nitrogen and oxygen atoms in total. The second-order valence-electron chi connectivity index (χ2n) is 3.39. The van der Waals surface area contributed by atoms with Crippen LogP contribution in [-0.4, -0.2) is 18.3 Å². The molecule has 0 radical (unpaired) electrons. The number of halogens is 3. The third-order valence-electron chi connectivity index (χ3n) is 2.29. The maximum atomic E-state index is 12.5. The van der Waals surface area contributed by atoms with Gasteiger partial charge in [-0.25, -0.2) is 0 Å². The van der Waals surface area contributed by atoms with Crippen LogP contribution in [0.2, 0.25) is 0 Å². The van der Waals surface area contributed by atoms with Crippen LogP contribution >= 0.6 is 0 Å². The molecule has 12 heavy (non-hydrogen) atoms. The van der Waals surface area contributed by atoms with Gasteiger partial charge in [-0.3, -0.25) is 0 Å². The van der Waals surface area contributed by atoms with Crippen LogP contribution in [0, 0.1) is 5.92 Å². The molecule has 0 rings (SSSR count). The fourth-order valence-electron chi connectivity index (χ4n) is 0.999. The average Bonchev–Trinajstić information content (AvgIpc) is 1.85. The molecule has 0 saturated heterocycles. The van der Waals surface area contributed by atoms with Gasteiger partial charge in [-0.2, -0.15) is 13.2 Å². The highest BCUT2D eigenvalue weighted by molar-refractivity contribution is 4.92. The fraction of sp³-hybridized carbons (Fsp3) is 1.00. The quantitative estimate of drug-likeness (QED) is 0.709. The van der Waals surface area contributed by atoms with Crippen molar-refractivity contribution in [3.8, 4) is 0 Å². The van der Waals surface area contributed by atoms with Crippen molar-refractivity contribution in [3.05, 3.63) is 0 Å². The molecule has 0 aromatic heterocycles. The molecule has 0 spiro atoms. The van der Waals surface area contributed by atoms with Crippen molar-refractivity contribution in [2.24, 2.45) is 5.92 Å². The molecule has 0 aromatic rings. The minimum absolute atomic E-state index is 0.328. The van der Waals surface area contributed by atoms with E-state index in [1.165, 1.54) is 6.92 Å². The number of rotatable bonds is 3. The lowest BCUT2D eigenvalue weighted by Gasteiger charge is -2.36.